The van der Waals surface area contributed by atoms with Gasteiger partial charge in [0.05, 0.1) is 0 Å². The van der Waals surface area contributed by atoms with Gasteiger partial charge in [-0.25, -0.2) is 0 Å². The first kappa shape index (κ1) is 22.9. The molecule has 2 rings (SSSR count). The average molecular weight is 387 g/mol. The minimum Gasteiger partial charge on any atom is -0.302 e. The number of para-hydroxylation sites is 1. The highest BCUT2D eigenvalue weighted by Crippen LogP contribution is 2.20. The summed E-state index contributed by atoms with van der Waals surface area (Å²) in [6.07, 6.45) is 11.7. The molecule has 2 atom stereocenters. The van der Waals surface area contributed by atoms with Crippen LogP contribution < -0.4 is 0 Å². The molecule has 2 unspecified atom stereocenters. The highest BCUT2D eigenvalue weighted by Gasteiger charge is 2.17. The van der Waals surface area contributed by atoms with Crippen molar-refractivity contribution >= 4 is 11.0 Å². The summed E-state index contributed by atoms with van der Waals surface area (Å²) < 4.78 is 0. The van der Waals surface area contributed by atoms with E-state index in [1.54, 1.807) is 0 Å². The van der Waals surface area contributed by atoms with Crippen LogP contribution in [0.1, 0.15) is 84.6 Å². The first-order chi connectivity index (χ1) is 13.7. The number of benzene rings is 1. The molecule has 0 saturated heterocycles. The fraction of sp³-hybridized carbons (Fsp3) is 0.750. The number of aromatic nitrogens is 3. The molecule has 0 aliphatic heterocycles. The van der Waals surface area contributed by atoms with Crippen LogP contribution in [0.3, 0.4) is 0 Å². The van der Waals surface area contributed by atoms with Gasteiger partial charge in [-0.05, 0) is 42.7 Å². The van der Waals surface area contributed by atoms with Crippen LogP contribution in [0.15, 0.2) is 18.2 Å². The highest BCUT2D eigenvalue weighted by molar-refractivity contribution is 5.77. The maximum atomic E-state index is 4.38. The van der Waals surface area contributed by atoms with E-state index in [1.807, 2.05) is 6.07 Å². The number of aromatic amines is 1. The fourth-order valence-corrected chi connectivity index (χ4v) is 4.23. The highest BCUT2D eigenvalue weighted by atomic mass is 15.3. The summed E-state index contributed by atoms with van der Waals surface area (Å²) in [5.74, 6) is 1.65. The van der Waals surface area contributed by atoms with Crippen molar-refractivity contribution in [1.29, 1.82) is 0 Å². The Labute approximate surface area is 172 Å². The quantitative estimate of drug-likeness (QED) is 0.394. The van der Waals surface area contributed by atoms with Crippen molar-refractivity contribution in [3.05, 3.63) is 23.8 Å². The molecular formula is C24H42N4. The first-order valence-corrected chi connectivity index (χ1v) is 11.7. The van der Waals surface area contributed by atoms with Gasteiger partial charge in [0.15, 0.2) is 0 Å². The molecule has 1 N–H and O–H groups in total. The number of unbranched alkanes of at least 4 members (excludes halogenated alkanes) is 2. The van der Waals surface area contributed by atoms with Crippen molar-refractivity contribution in [1.82, 2.24) is 20.3 Å². The third-order valence-electron chi connectivity index (χ3n) is 6.25. The van der Waals surface area contributed by atoms with Crippen molar-refractivity contribution in [2.75, 3.05) is 19.6 Å². The van der Waals surface area contributed by atoms with Crippen LogP contribution in [-0.2, 0) is 6.42 Å². The van der Waals surface area contributed by atoms with E-state index in [9.17, 15) is 0 Å². The minimum absolute atomic E-state index is 0.825. The fourth-order valence-electron chi connectivity index (χ4n) is 4.23. The smallest absolute Gasteiger partial charge is 0.116 e. The molecule has 0 radical (unpaired) electrons. The molecule has 1 aromatic heterocycles. The molecule has 0 aliphatic rings. The van der Waals surface area contributed by atoms with E-state index in [1.165, 1.54) is 70.0 Å². The molecule has 0 bridgehead atoms. The lowest BCUT2D eigenvalue weighted by Gasteiger charge is -2.30. The third kappa shape index (κ3) is 7.20. The monoisotopic (exact) mass is 386 g/mol. The standard InChI is InChI=1S/C24H42N4/c1-5-9-12-20(7-3)18-28(19-21(8-4)13-10-6-2)17-16-22-14-11-15-23-24(22)26-27-25-23/h11,14-15,20-21H,5-10,12-13,16-19H2,1-4H3,(H,25,26,27). The SMILES string of the molecule is CCCCC(CC)CN(CCc1cccc2n[nH]nc12)CC(CC)CCCC. The van der Waals surface area contributed by atoms with Crippen LogP contribution in [0.4, 0.5) is 0 Å². The van der Waals surface area contributed by atoms with Gasteiger partial charge in [0.1, 0.15) is 11.0 Å². The Morgan fingerprint density at radius 3 is 2.11 bits per heavy atom. The van der Waals surface area contributed by atoms with E-state index in [-0.39, 0.29) is 0 Å². The van der Waals surface area contributed by atoms with Crippen molar-refractivity contribution in [3.8, 4) is 0 Å². The normalized spacial score (nSPS) is 14.0. The molecule has 4 nitrogen and oxygen atoms in total. The molecule has 0 amide bonds. The molecular weight excluding hydrogens is 344 g/mol. The van der Waals surface area contributed by atoms with Crippen LogP contribution in [0, 0.1) is 11.8 Å². The van der Waals surface area contributed by atoms with Gasteiger partial charge in [-0.15, -0.1) is 0 Å². The summed E-state index contributed by atoms with van der Waals surface area (Å²) >= 11 is 0. The maximum absolute atomic E-state index is 4.38. The predicted octanol–water partition coefficient (Wildman–Crippen LogP) is 6.24. The van der Waals surface area contributed by atoms with Crippen LogP contribution in [0.2, 0.25) is 0 Å². The summed E-state index contributed by atoms with van der Waals surface area (Å²) in [6.45, 7) is 13.0. The van der Waals surface area contributed by atoms with Crippen LogP contribution in [-0.4, -0.2) is 39.9 Å². The van der Waals surface area contributed by atoms with Crippen LogP contribution in [0.25, 0.3) is 11.0 Å². The minimum atomic E-state index is 0.825. The summed E-state index contributed by atoms with van der Waals surface area (Å²) in [4.78, 5) is 2.76. The Hall–Kier alpha value is -1.42. The zero-order valence-electron chi connectivity index (χ0n) is 18.7. The number of H-pyrrole nitrogens is 1. The molecule has 28 heavy (non-hydrogen) atoms. The van der Waals surface area contributed by atoms with Gasteiger partial charge < -0.3 is 4.90 Å². The van der Waals surface area contributed by atoms with E-state index in [4.69, 9.17) is 0 Å². The third-order valence-corrected chi connectivity index (χ3v) is 6.25. The van der Waals surface area contributed by atoms with Gasteiger partial charge in [0.25, 0.3) is 0 Å². The van der Waals surface area contributed by atoms with Crippen molar-refractivity contribution in [2.24, 2.45) is 11.8 Å². The topological polar surface area (TPSA) is 44.8 Å². The van der Waals surface area contributed by atoms with Crippen LogP contribution in [0.5, 0.6) is 0 Å². The second-order valence-corrected chi connectivity index (χ2v) is 8.45. The van der Waals surface area contributed by atoms with Gasteiger partial charge in [-0.1, -0.05) is 78.4 Å². The second-order valence-electron chi connectivity index (χ2n) is 8.45. The Balaban J connectivity index is 2.04. The molecule has 4 heteroatoms. The van der Waals surface area contributed by atoms with Crippen molar-refractivity contribution in [3.63, 3.8) is 0 Å². The molecule has 158 valence electrons. The zero-order valence-corrected chi connectivity index (χ0v) is 18.7. The number of nitrogens with zero attached hydrogens (tertiary/aromatic N) is 3. The predicted molar refractivity (Wildman–Crippen MR) is 121 cm³/mol. The zero-order chi connectivity index (χ0) is 20.2. The summed E-state index contributed by atoms with van der Waals surface area (Å²) in [7, 11) is 0. The summed E-state index contributed by atoms with van der Waals surface area (Å²) in [5.41, 5.74) is 3.34. The summed E-state index contributed by atoms with van der Waals surface area (Å²) in [5, 5.41) is 11.4. The largest absolute Gasteiger partial charge is 0.302 e. The number of nitrogens with one attached hydrogen (secondary N) is 1. The Morgan fingerprint density at radius 2 is 1.54 bits per heavy atom. The lowest BCUT2D eigenvalue weighted by Crippen LogP contribution is -2.35. The molecule has 1 heterocycles. The Kier molecular flexibility index (Phi) is 10.6. The second kappa shape index (κ2) is 12.9. The van der Waals surface area contributed by atoms with Gasteiger partial charge in [-0.2, -0.15) is 15.4 Å². The Bertz CT molecular complexity index is 633. The number of rotatable bonds is 15. The van der Waals surface area contributed by atoms with E-state index in [2.05, 4.69) is 60.1 Å². The molecule has 1 aromatic carbocycles. The summed E-state index contributed by atoms with van der Waals surface area (Å²) in [6, 6.07) is 6.36. The van der Waals surface area contributed by atoms with Gasteiger partial charge in [0.2, 0.25) is 0 Å². The van der Waals surface area contributed by atoms with Gasteiger partial charge in [0, 0.05) is 19.6 Å². The van der Waals surface area contributed by atoms with E-state index in [0.29, 0.717) is 0 Å². The van der Waals surface area contributed by atoms with Gasteiger partial charge >= 0.3 is 0 Å². The molecule has 0 spiro atoms. The number of fused-ring (bicyclic) bond motifs is 1. The number of hydrogen-bond donors (Lipinski definition) is 1. The molecule has 0 aliphatic carbocycles. The maximum Gasteiger partial charge on any atom is 0.116 e. The number of hydrogen-bond acceptors (Lipinski definition) is 3. The van der Waals surface area contributed by atoms with Gasteiger partial charge in [-0.3, -0.25) is 0 Å². The van der Waals surface area contributed by atoms with E-state index in [0.717, 1.165) is 35.8 Å². The van der Waals surface area contributed by atoms with Crippen molar-refractivity contribution < 1.29 is 0 Å². The van der Waals surface area contributed by atoms with Crippen LogP contribution >= 0.6 is 0 Å². The average Bonchev–Trinajstić information content (AvgIpc) is 3.21. The van der Waals surface area contributed by atoms with E-state index >= 15 is 0 Å². The Morgan fingerprint density at radius 1 is 0.893 bits per heavy atom. The first-order valence-electron chi connectivity index (χ1n) is 11.7. The molecule has 0 saturated carbocycles. The van der Waals surface area contributed by atoms with E-state index < -0.39 is 0 Å². The molecule has 2 aromatic rings. The lowest BCUT2D eigenvalue weighted by atomic mass is 9.95. The molecule has 0 fully saturated rings. The lowest BCUT2D eigenvalue weighted by molar-refractivity contribution is 0.183. The van der Waals surface area contributed by atoms with Crippen molar-refractivity contribution in [2.45, 2.75) is 85.5 Å².